The highest BCUT2D eigenvalue weighted by atomic mass is 32.2. The van der Waals surface area contributed by atoms with E-state index < -0.39 is 106 Å². The second kappa shape index (κ2) is 24.9. The van der Waals surface area contributed by atoms with Crippen LogP contribution < -0.4 is 24.8 Å². The van der Waals surface area contributed by atoms with Gasteiger partial charge in [-0.1, -0.05) is 64.1 Å². The van der Waals surface area contributed by atoms with E-state index in [9.17, 15) is 42.3 Å². The number of carbonyl (C=O) groups excluding carboxylic acids is 7. The number of aryl methyl sites for hydroxylation is 2. The number of benzene rings is 3. The number of fused-ring (bicyclic) bond motifs is 5. The van der Waals surface area contributed by atoms with E-state index in [1.54, 1.807) is 57.5 Å². The van der Waals surface area contributed by atoms with Gasteiger partial charge in [0.05, 0.1) is 36.5 Å². The van der Waals surface area contributed by atoms with Crippen LogP contribution in [0.2, 0.25) is 0 Å². The van der Waals surface area contributed by atoms with Crippen LogP contribution >= 0.6 is 0 Å². The zero-order valence-electron chi connectivity index (χ0n) is 46.8. The fourth-order valence-electron chi connectivity index (χ4n) is 8.64. The van der Waals surface area contributed by atoms with Crippen molar-refractivity contribution in [1.82, 2.24) is 34.9 Å². The summed E-state index contributed by atoms with van der Waals surface area (Å²) in [7, 11) is -2.33. The molecule has 0 fully saturated rings. The van der Waals surface area contributed by atoms with Gasteiger partial charge in [-0.2, -0.15) is 13.1 Å². The zero-order valence-corrected chi connectivity index (χ0v) is 47.6. The van der Waals surface area contributed by atoms with E-state index in [0.29, 0.717) is 17.0 Å². The molecule has 0 spiro atoms. The molecule has 5 rings (SSSR count). The average molecular weight is 1100 g/mol. The summed E-state index contributed by atoms with van der Waals surface area (Å²) in [6, 6.07) is 13.9. The molecule has 21 nitrogen and oxygen atoms in total. The van der Waals surface area contributed by atoms with Crippen LogP contribution in [0.4, 0.5) is 9.59 Å². The Balaban J connectivity index is 1.60. The Morgan fingerprint density at radius 2 is 1.45 bits per heavy atom. The Bertz CT molecular complexity index is 3010. The summed E-state index contributed by atoms with van der Waals surface area (Å²) >= 11 is 0. The Hall–Kier alpha value is -7.46. The molecule has 22 heteroatoms. The largest absolute Gasteiger partial charge is 0.507 e. The zero-order chi connectivity index (χ0) is 58.2. The van der Waals surface area contributed by atoms with E-state index in [0.717, 1.165) is 17.6 Å². The minimum Gasteiger partial charge on any atom is -0.507 e. The van der Waals surface area contributed by atoms with Gasteiger partial charge >= 0.3 is 28.4 Å². The topological polar surface area (TPSA) is 288 Å². The third kappa shape index (κ3) is 16.8. The number of aromatic hydroxyl groups is 1. The SMILES string of the molecule is COC(=O)[C@@H]1Cc2ccc(OCCNC(=O)OC(C)(C)C)c(c2)-c2cc(ccc2O)[C@H](N(C)C(=O)[C@H](CNS(=O)(=O)NC(=O)OC(C)(C)C)CC(=O)c2c(C)nc(-c3ccc(C(C)(C)C)cc3)nc2C)C(=O)C[C@@H](C)C(=O)N1. The van der Waals surface area contributed by atoms with Crippen molar-refractivity contribution in [2.75, 3.05) is 33.9 Å². The number of methoxy groups -OCH3 is 1. The number of hydrogen-bond donors (Lipinski definition) is 5. The molecule has 1 aromatic heterocycles. The van der Waals surface area contributed by atoms with Crippen molar-refractivity contribution in [3.8, 4) is 34.0 Å². The summed E-state index contributed by atoms with van der Waals surface area (Å²) in [6.07, 6.45) is -3.23. The predicted octanol–water partition coefficient (Wildman–Crippen LogP) is 6.89. The van der Waals surface area contributed by atoms with Crippen molar-refractivity contribution in [2.24, 2.45) is 11.8 Å². The standard InChI is InChI=1S/C56H73N7O14S/c1-31-25-44(66)47(36-18-21-42(64)39(28-36)40-26-34(27-41(51(69)74-14)61-49(31)67)15-22-45(40)75-24-23-57-52(70)76-55(7,8)9)63(13)50(68)37(30-58-78(72,73)62-53(71)77-56(10,11)12)29-43(65)46-32(2)59-48(60-33(46)3)35-16-19-38(20-17-35)54(4,5)6/h15-22,26,28,31,37,41,47,58,64H,23-25,27,29-30H2,1-14H3,(H,57,70)(H,61,67)(H,62,71)/t31-,37+,41+,47+/m1/s1. The van der Waals surface area contributed by atoms with E-state index in [2.05, 4.69) is 46.1 Å². The molecule has 0 radical (unpaired) electrons. The summed E-state index contributed by atoms with van der Waals surface area (Å²) in [4.78, 5) is 107. The van der Waals surface area contributed by atoms with E-state index in [1.165, 1.54) is 52.9 Å². The van der Waals surface area contributed by atoms with Gasteiger partial charge in [-0.25, -0.2) is 29.1 Å². The number of rotatable bonds is 15. The maximum atomic E-state index is 15.2. The number of phenols is 1. The van der Waals surface area contributed by atoms with Crippen LogP contribution in [0.25, 0.3) is 22.5 Å². The third-order valence-corrected chi connectivity index (χ3v) is 13.4. The monoisotopic (exact) mass is 1100 g/mol. The normalized spacial score (nSPS) is 16.6. The fourth-order valence-corrected chi connectivity index (χ4v) is 9.39. The molecular weight excluding hydrogens is 1030 g/mol. The van der Waals surface area contributed by atoms with E-state index in [1.807, 2.05) is 24.3 Å². The summed E-state index contributed by atoms with van der Waals surface area (Å²) in [5, 5.41) is 16.9. The molecule has 2 heterocycles. The van der Waals surface area contributed by atoms with Gasteiger partial charge in [0.25, 0.3) is 0 Å². The lowest BCUT2D eigenvalue weighted by Gasteiger charge is -2.32. The summed E-state index contributed by atoms with van der Waals surface area (Å²) in [5.41, 5.74) is 1.44. The molecular formula is C56H73N7O14S. The maximum Gasteiger partial charge on any atom is 0.422 e. The smallest absolute Gasteiger partial charge is 0.422 e. The second-order valence-corrected chi connectivity index (χ2v) is 23.8. The first-order chi connectivity index (χ1) is 36.2. The number of ether oxygens (including phenoxy) is 4. The Morgan fingerprint density at radius 1 is 0.833 bits per heavy atom. The van der Waals surface area contributed by atoms with Gasteiger partial charge < -0.3 is 39.6 Å². The minimum atomic E-state index is -4.76. The average Bonchev–Trinajstić information content (AvgIpc) is 3.35. The quantitative estimate of drug-likeness (QED) is 0.0350. The number of phenolic OH excluding ortho intramolecular Hbond substituents is 1. The maximum absolute atomic E-state index is 15.2. The highest BCUT2D eigenvalue weighted by molar-refractivity contribution is 7.88. The highest BCUT2D eigenvalue weighted by Gasteiger charge is 2.38. The van der Waals surface area contributed by atoms with E-state index >= 15 is 4.79 Å². The molecule has 5 N–H and O–H groups in total. The van der Waals surface area contributed by atoms with Crippen LogP contribution in [0.1, 0.15) is 127 Å². The van der Waals surface area contributed by atoms with Crippen LogP contribution in [-0.2, 0) is 55.4 Å². The minimum absolute atomic E-state index is 0.000830. The van der Waals surface area contributed by atoms with Crippen molar-refractivity contribution < 1.29 is 66.0 Å². The predicted molar refractivity (Wildman–Crippen MR) is 290 cm³/mol. The van der Waals surface area contributed by atoms with Crippen molar-refractivity contribution in [3.05, 3.63) is 94.3 Å². The number of aromatic nitrogens is 2. The Kier molecular flexibility index (Phi) is 19.6. The van der Waals surface area contributed by atoms with Crippen LogP contribution in [0.15, 0.2) is 60.7 Å². The second-order valence-electron chi connectivity index (χ2n) is 22.3. The van der Waals surface area contributed by atoms with Gasteiger partial charge in [-0.15, -0.1) is 0 Å². The van der Waals surface area contributed by atoms with Gasteiger partial charge in [0.1, 0.15) is 41.4 Å². The molecule has 4 aromatic rings. The molecule has 4 amide bonds. The van der Waals surface area contributed by atoms with Gasteiger partial charge in [-0.05, 0) is 102 Å². The Morgan fingerprint density at radius 3 is 2.04 bits per heavy atom. The molecule has 422 valence electrons. The molecule has 1 aliphatic heterocycles. The molecule has 0 aliphatic carbocycles. The van der Waals surface area contributed by atoms with Gasteiger partial charge in [-0.3, -0.25) is 19.2 Å². The molecule has 0 saturated carbocycles. The number of Topliss-reactive ketones (excluding diaryl/α,β-unsaturated/α-hetero) is 2. The summed E-state index contributed by atoms with van der Waals surface area (Å²) in [6.45, 7) is 19.8. The molecule has 78 heavy (non-hydrogen) atoms. The third-order valence-electron chi connectivity index (χ3n) is 12.4. The highest BCUT2D eigenvalue weighted by Crippen LogP contribution is 2.40. The van der Waals surface area contributed by atoms with E-state index in [4.69, 9.17) is 18.9 Å². The van der Waals surface area contributed by atoms with Crippen molar-refractivity contribution in [1.29, 1.82) is 0 Å². The number of esters is 1. The first kappa shape index (κ1) is 61.4. The van der Waals surface area contributed by atoms with Crippen LogP contribution in [-0.4, -0.2) is 121 Å². The van der Waals surface area contributed by atoms with Gasteiger partial charge in [0.2, 0.25) is 11.8 Å². The summed E-state index contributed by atoms with van der Waals surface area (Å²) < 4.78 is 52.4. The summed E-state index contributed by atoms with van der Waals surface area (Å²) in [5.74, 6) is -6.16. The molecule has 0 saturated heterocycles. The lowest BCUT2D eigenvalue weighted by atomic mass is 9.86. The molecule has 4 atom stereocenters. The van der Waals surface area contributed by atoms with Crippen molar-refractivity contribution in [2.45, 2.75) is 131 Å². The first-order valence-electron chi connectivity index (χ1n) is 25.4. The fraction of sp³-hybridized carbons (Fsp3) is 0.482. The van der Waals surface area contributed by atoms with Crippen LogP contribution in [0.5, 0.6) is 11.5 Å². The van der Waals surface area contributed by atoms with Crippen molar-refractivity contribution in [3.63, 3.8) is 0 Å². The number of hydrogen-bond acceptors (Lipinski definition) is 16. The number of nitrogens with one attached hydrogen (secondary N) is 4. The number of alkyl carbamates (subject to hydrolysis) is 1. The lowest BCUT2D eigenvalue weighted by Crippen LogP contribution is -2.48. The molecule has 0 unspecified atom stereocenters. The number of likely N-dealkylation sites (N-methyl/N-ethyl adjacent to an activating group) is 1. The number of nitrogens with zero attached hydrogens (tertiary/aromatic N) is 3. The molecule has 3 aromatic carbocycles. The van der Waals surface area contributed by atoms with Crippen LogP contribution in [0, 0.1) is 25.7 Å². The number of amides is 4. The van der Waals surface area contributed by atoms with Crippen LogP contribution in [0.3, 0.4) is 0 Å². The Labute approximate surface area is 456 Å². The van der Waals surface area contributed by atoms with E-state index in [-0.39, 0.29) is 70.1 Å². The van der Waals surface area contributed by atoms with Gasteiger partial charge in [0.15, 0.2) is 17.4 Å². The molecule has 1 aliphatic rings. The number of ketones is 2. The molecule has 4 bridgehead atoms. The van der Waals surface area contributed by atoms with Crippen molar-refractivity contribution >= 4 is 51.7 Å². The van der Waals surface area contributed by atoms with Gasteiger partial charge in [0, 0.05) is 55.5 Å². The lowest BCUT2D eigenvalue weighted by molar-refractivity contribution is -0.146. The number of carbonyl (C=O) groups is 7. The first-order valence-corrected chi connectivity index (χ1v) is 26.9.